The lowest BCUT2D eigenvalue weighted by atomic mass is 10.1. The highest BCUT2D eigenvalue weighted by Gasteiger charge is 2.13. The van der Waals surface area contributed by atoms with Gasteiger partial charge in [0.2, 0.25) is 0 Å². The van der Waals surface area contributed by atoms with E-state index in [1.807, 2.05) is 6.92 Å². The van der Waals surface area contributed by atoms with Crippen LogP contribution in [0.15, 0.2) is 48.5 Å². The van der Waals surface area contributed by atoms with Crippen LogP contribution in [0.25, 0.3) is 0 Å². The van der Waals surface area contributed by atoms with Crippen molar-refractivity contribution in [3.8, 4) is 5.75 Å². The first-order chi connectivity index (χ1) is 13.5. The smallest absolute Gasteiger partial charge is 0.257 e. The van der Waals surface area contributed by atoms with Gasteiger partial charge in [-0.05, 0) is 62.0 Å². The molecule has 0 saturated carbocycles. The molecule has 0 atom stereocenters. The normalized spacial score (nSPS) is 10.1. The van der Waals surface area contributed by atoms with E-state index in [4.69, 9.17) is 22.1 Å². The molecule has 28 heavy (non-hydrogen) atoms. The highest BCUT2D eigenvalue weighted by Crippen LogP contribution is 2.15. The molecule has 0 fully saturated rings. The predicted octanol–water partition coefficient (Wildman–Crippen LogP) is 2.32. The number of aliphatic hydroxyl groups is 1. The summed E-state index contributed by atoms with van der Waals surface area (Å²) in [6.45, 7) is 2.80. The standard InChI is InChI=1S/C20H23N3O4S/c1-2-27-15-10-8-14(9-11-15)18(25)23-20(28)22-17-7-4-3-6-16(17)19(26)21-12-5-13-24/h3-4,6-11,24H,2,5,12-13H2,1H3,(H,21,26)(H2,22,23,25,28). The molecule has 0 radical (unpaired) electrons. The van der Waals surface area contributed by atoms with Crippen molar-refractivity contribution < 1.29 is 19.4 Å². The molecule has 2 aromatic rings. The number of para-hydroxylation sites is 1. The van der Waals surface area contributed by atoms with Crippen LogP contribution < -0.4 is 20.7 Å². The van der Waals surface area contributed by atoms with E-state index < -0.39 is 0 Å². The van der Waals surface area contributed by atoms with Crippen molar-refractivity contribution in [1.82, 2.24) is 10.6 Å². The van der Waals surface area contributed by atoms with Crippen molar-refractivity contribution >= 4 is 34.8 Å². The topological polar surface area (TPSA) is 99.7 Å². The summed E-state index contributed by atoms with van der Waals surface area (Å²) in [7, 11) is 0. The molecule has 148 valence electrons. The fraction of sp³-hybridized carbons (Fsp3) is 0.250. The van der Waals surface area contributed by atoms with Crippen LogP contribution in [0.5, 0.6) is 5.75 Å². The zero-order chi connectivity index (χ0) is 20.4. The summed E-state index contributed by atoms with van der Waals surface area (Å²) in [5.74, 6) is 0.0171. The molecule has 0 spiro atoms. The van der Waals surface area contributed by atoms with Gasteiger partial charge in [-0.25, -0.2) is 0 Å². The number of carbonyl (C=O) groups excluding carboxylic acids is 2. The first-order valence-electron chi connectivity index (χ1n) is 8.88. The molecule has 0 saturated heterocycles. The fourth-order valence-electron chi connectivity index (χ4n) is 2.36. The van der Waals surface area contributed by atoms with Crippen LogP contribution in [-0.2, 0) is 0 Å². The average molecular weight is 401 g/mol. The molecular weight excluding hydrogens is 378 g/mol. The summed E-state index contributed by atoms with van der Waals surface area (Å²) in [5, 5.41) is 17.1. The molecule has 0 heterocycles. The van der Waals surface area contributed by atoms with Crippen molar-refractivity contribution in [2.75, 3.05) is 25.1 Å². The second-order valence-corrected chi connectivity index (χ2v) is 6.15. The van der Waals surface area contributed by atoms with Crippen LogP contribution in [0.2, 0.25) is 0 Å². The number of rotatable bonds is 8. The number of hydrogen-bond donors (Lipinski definition) is 4. The first kappa shape index (κ1) is 21.3. The molecule has 0 unspecified atom stereocenters. The quantitative estimate of drug-likeness (QED) is 0.400. The van der Waals surface area contributed by atoms with Crippen molar-refractivity contribution in [1.29, 1.82) is 0 Å². The van der Waals surface area contributed by atoms with Gasteiger partial charge in [-0.1, -0.05) is 12.1 Å². The number of anilines is 1. The van der Waals surface area contributed by atoms with Crippen LogP contribution in [-0.4, -0.2) is 41.8 Å². The zero-order valence-electron chi connectivity index (χ0n) is 15.5. The maximum Gasteiger partial charge on any atom is 0.257 e. The maximum atomic E-state index is 12.3. The number of nitrogens with one attached hydrogen (secondary N) is 3. The van der Waals surface area contributed by atoms with Crippen molar-refractivity contribution in [3.05, 3.63) is 59.7 Å². The van der Waals surface area contributed by atoms with Crippen molar-refractivity contribution in [2.45, 2.75) is 13.3 Å². The van der Waals surface area contributed by atoms with Gasteiger partial charge in [0.1, 0.15) is 5.75 Å². The Balaban J connectivity index is 1.99. The van der Waals surface area contributed by atoms with Gasteiger partial charge in [-0.15, -0.1) is 0 Å². The SMILES string of the molecule is CCOc1ccc(C(=O)NC(=S)Nc2ccccc2C(=O)NCCCO)cc1. The summed E-state index contributed by atoms with van der Waals surface area (Å²) in [6.07, 6.45) is 0.470. The van der Waals surface area contributed by atoms with Crippen molar-refractivity contribution in [3.63, 3.8) is 0 Å². The Morgan fingerprint density at radius 3 is 2.46 bits per heavy atom. The van der Waals surface area contributed by atoms with Crippen LogP contribution in [0.1, 0.15) is 34.1 Å². The molecule has 8 heteroatoms. The summed E-state index contributed by atoms with van der Waals surface area (Å²) in [4.78, 5) is 24.6. The number of aliphatic hydroxyl groups excluding tert-OH is 1. The van der Waals surface area contributed by atoms with E-state index in [1.165, 1.54) is 0 Å². The third-order valence-electron chi connectivity index (χ3n) is 3.69. The number of ether oxygens (including phenoxy) is 1. The molecule has 2 rings (SSSR count). The molecular formula is C20H23N3O4S. The van der Waals surface area contributed by atoms with Crippen LogP contribution in [0.4, 0.5) is 5.69 Å². The highest BCUT2D eigenvalue weighted by atomic mass is 32.1. The number of carbonyl (C=O) groups is 2. The fourth-order valence-corrected chi connectivity index (χ4v) is 2.57. The molecule has 2 amide bonds. The van der Waals surface area contributed by atoms with Crippen LogP contribution in [0.3, 0.4) is 0 Å². The third-order valence-corrected chi connectivity index (χ3v) is 3.90. The first-order valence-corrected chi connectivity index (χ1v) is 9.29. The maximum absolute atomic E-state index is 12.3. The molecule has 4 N–H and O–H groups in total. The minimum atomic E-state index is -0.370. The lowest BCUT2D eigenvalue weighted by Crippen LogP contribution is -2.35. The largest absolute Gasteiger partial charge is 0.494 e. The van der Waals surface area contributed by atoms with E-state index in [1.54, 1.807) is 48.5 Å². The summed E-state index contributed by atoms with van der Waals surface area (Å²) in [6, 6.07) is 13.5. The number of hydrogen-bond acceptors (Lipinski definition) is 5. The number of thiocarbonyl (C=S) groups is 1. The number of benzene rings is 2. The third kappa shape index (κ3) is 6.33. The van der Waals surface area contributed by atoms with E-state index in [0.717, 1.165) is 0 Å². The van der Waals surface area contributed by atoms with Crippen LogP contribution in [0, 0.1) is 0 Å². The van der Waals surface area contributed by atoms with E-state index in [9.17, 15) is 9.59 Å². The zero-order valence-corrected chi connectivity index (χ0v) is 16.3. The van der Waals surface area contributed by atoms with E-state index in [-0.39, 0.29) is 23.5 Å². The van der Waals surface area contributed by atoms with Gasteiger partial charge < -0.3 is 20.5 Å². The Morgan fingerprint density at radius 1 is 1.07 bits per heavy atom. The average Bonchev–Trinajstić information content (AvgIpc) is 2.69. The molecule has 2 aromatic carbocycles. The van der Waals surface area contributed by atoms with Gasteiger partial charge in [0.25, 0.3) is 11.8 Å². The van der Waals surface area contributed by atoms with Crippen molar-refractivity contribution in [2.24, 2.45) is 0 Å². The molecule has 7 nitrogen and oxygen atoms in total. The van der Waals surface area contributed by atoms with Gasteiger partial charge in [-0.2, -0.15) is 0 Å². The second kappa shape index (κ2) is 11.0. The minimum absolute atomic E-state index is 0.00183. The van der Waals surface area contributed by atoms with E-state index in [0.29, 0.717) is 42.1 Å². The van der Waals surface area contributed by atoms with Gasteiger partial charge in [0.15, 0.2) is 5.11 Å². The second-order valence-electron chi connectivity index (χ2n) is 5.74. The lowest BCUT2D eigenvalue weighted by molar-refractivity contribution is 0.0950. The van der Waals surface area contributed by atoms with Gasteiger partial charge >= 0.3 is 0 Å². The molecule has 0 bridgehead atoms. The van der Waals surface area contributed by atoms with Gasteiger partial charge in [-0.3, -0.25) is 14.9 Å². The lowest BCUT2D eigenvalue weighted by Gasteiger charge is -2.13. The Labute approximate surface area is 169 Å². The Bertz CT molecular complexity index is 824. The van der Waals surface area contributed by atoms with Crippen LogP contribution >= 0.6 is 12.2 Å². The summed E-state index contributed by atoms with van der Waals surface area (Å²) in [5.41, 5.74) is 1.29. The highest BCUT2D eigenvalue weighted by molar-refractivity contribution is 7.80. The Kier molecular flexibility index (Phi) is 8.38. The number of amides is 2. The minimum Gasteiger partial charge on any atom is -0.494 e. The predicted molar refractivity (Wildman–Crippen MR) is 112 cm³/mol. The molecule has 0 aliphatic rings. The summed E-state index contributed by atoms with van der Waals surface area (Å²) < 4.78 is 5.35. The Morgan fingerprint density at radius 2 is 1.79 bits per heavy atom. The van der Waals surface area contributed by atoms with Gasteiger partial charge in [0, 0.05) is 18.7 Å². The van der Waals surface area contributed by atoms with E-state index in [2.05, 4.69) is 16.0 Å². The molecule has 0 aromatic heterocycles. The summed E-state index contributed by atoms with van der Waals surface area (Å²) >= 11 is 5.20. The van der Waals surface area contributed by atoms with E-state index >= 15 is 0 Å². The monoisotopic (exact) mass is 401 g/mol. The molecule has 0 aliphatic carbocycles. The Hall–Kier alpha value is -2.97. The van der Waals surface area contributed by atoms with Gasteiger partial charge in [0.05, 0.1) is 17.9 Å². The molecule has 0 aliphatic heterocycles.